The molecule has 1 heterocycles. The van der Waals surface area contributed by atoms with Gasteiger partial charge in [-0.25, -0.2) is 0 Å². The first-order valence-corrected chi connectivity index (χ1v) is 9.96. The van der Waals surface area contributed by atoms with Gasteiger partial charge in [-0.15, -0.1) is 0 Å². The second-order valence-corrected chi connectivity index (χ2v) is 7.69. The maximum absolute atomic E-state index is 13.6. The zero-order chi connectivity index (χ0) is 20.4. The number of nitrogens with zero attached hydrogens (tertiary/aromatic N) is 1. The Kier molecular flexibility index (Phi) is 5.18. The van der Waals surface area contributed by atoms with E-state index >= 15 is 0 Å². The summed E-state index contributed by atoms with van der Waals surface area (Å²) in [5, 5.41) is 2.70. The largest absolute Gasteiger partial charge is 0.497 e. The van der Waals surface area contributed by atoms with Gasteiger partial charge in [0.15, 0.2) is 0 Å². The highest BCUT2D eigenvalue weighted by atomic mass is 16.5. The van der Waals surface area contributed by atoms with Gasteiger partial charge in [0.25, 0.3) is 0 Å². The first kappa shape index (κ1) is 19.3. The van der Waals surface area contributed by atoms with Crippen LogP contribution in [0.3, 0.4) is 0 Å². The van der Waals surface area contributed by atoms with Crippen LogP contribution in [0.4, 0.5) is 0 Å². The Morgan fingerprint density at radius 1 is 1.03 bits per heavy atom. The van der Waals surface area contributed by atoms with Crippen molar-refractivity contribution in [1.29, 1.82) is 0 Å². The predicted octanol–water partition coefficient (Wildman–Crippen LogP) is 2.52. The van der Waals surface area contributed by atoms with E-state index in [2.05, 4.69) is 5.32 Å². The highest BCUT2D eigenvalue weighted by molar-refractivity contribution is 5.95. The molecule has 1 N–H and O–H groups in total. The zero-order valence-electron chi connectivity index (χ0n) is 16.8. The molecule has 6 heteroatoms. The smallest absolute Gasteiger partial charge is 0.242 e. The molecule has 2 amide bonds. The van der Waals surface area contributed by atoms with Crippen LogP contribution in [-0.2, 0) is 15.0 Å². The van der Waals surface area contributed by atoms with Crippen LogP contribution in [-0.4, -0.2) is 49.6 Å². The van der Waals surface area contributed by atoms with Gasteiger partial charge in [-0.3, -0.25) is 9.59 Å². The number of rotatable bonds is 6. The van der Waals surface area contributed by atoms with E-state index < -0.39 is 11.5 Å². The second-order valence-electron chi connectivity index (χ2n) is 7.69. The van der Waals surface area contributed by atoms with E-state index in [1.807, 2.05) is 54.6 Å². The summed E-state index contributed by atoms with van der Waals surface area (Å²) in [7, 11) is 3.23. The molecule has 2 aliphatic rings. The van der Waals surface area contributed by atoms with Crippen molar-refractivity contribution in [2.75, 3.05) is 20.7 Å². The van der Waals surface area contributed by atoms with Gasteiger partial charge in [0, 0.05) is 13.5 Å². The fourth-order valence-electron chi connectivity index (χ4n) is 4.15. The van der Waals surface area contributed by atoms with Crippen molar-refractivity contribution in [2.24, 2.45) is 0 Å². The van der Waals surface area contributed by atoms with Gasteiger partial charge in [0.2, 0.25) is 11.8 Å². The third kappa shape index (κ3) is 3.67. The lowest BCUT2D eigenvalue weighted by molar-refractivity contribution is -0.140. The number of carbonyl (C=O) groups excluding carboxylic acids is 2. The molecule has 1 saturated carbocycles. The normalized spacial score (nSPS) is 22.1. The van der Waals surface area contributed by atoms with Crippen LogP contribution < -0.4 is 14.8 Å². The highest BCUT2D eigenvalue weighted by Gasteiger charge is 2.56. The Balaban J connectivity index is 1.55. The van der Waals surface area contributed by atoms with Crippen LogP contribution >= 0.6 is 0 Å². The number of hydrogen-bond acceptors (Lipinski definition) is 4. The molecule has 6 nitrogen and oxygen atoms in total. The Morgan fingerprint density at radius 2 is 1.72 bits per heavy atom. The SMILES string of the molecule is CNC(=O)[C@@H]1C[C@H](Oc2ccccc2)CN1C(=O)C1(c2ccc(OC)cc2)CC1. The van der Waals surface area contributed by atoms with Gasteiger partial charge < -0.3 is 19.7 Å². The molecule has 0 unspecified atom stereocenters. The minimum Gasteiger partial charge on any atom is -0.497 e. The lowest BCUT2D eigenvalue weighted by atomic mass is 9.94. The van der Waals surface area contributed by atoms with Crippen LogP contribution in [0.25, 0.3) is 0 Å². The molecule has 2 aromatic rings. The van der Waals surface area contributed by atoms with E-state index in [1.54, 1.807) is 19.1 Å². The number of ether oxygens (including phenoxy) is 2. The molecular weight excluding hydrogens is 368 g/mol. The number of para-hydroxylation sites is 1. The number of methoxy groups -OCH3 is 1. The molecule has 0 aromatic heterocycles. The van der Waals surface area contributed by atoms with E-state index in [-0.39, 0.29) is 17.9 Å². The van der Waals surface area contributed by atoms with Crippen LogP contribution in [0, 0.1) is 0 Å². The maximum Gasteiger partial charge on any atom is 0.242 e. The third-order valence-electron chi connectivity index (χ3n) is 5.92. The minimum atomic E-state index is -0.541. The first-order chi connectivity index (χ1) is 14.1. The molecule has 152 valence electrons. The molecule has 29 heavy (non-hydrogen) atoms. The van der Waals surface area contributed by atoms with Crippen molar-refractivity contribution in [3.05, 3.63) is 60.2 Å². The molecule has 1 saturated heterocycles. The van der Waals surface area contributed by atoms with E-state index in [0.29, 0.717) is 13.0 Å². The number of carbonyl (C=O) groups is 2. The molecule has 2 atom stereocenters. The molecule has 1 aliphatic heterocycles. The Hall–Kier alpha value is -3.02. The predicted molar refractivity (Wildman–Crippen MR) is 109 cm³/mol. The molecule has 1 aliphatic carbocycles. The maximum atomic E-state index is 13.6. The summed E-state index contributed by atoms with van der Waals surface area (Å²) in [6.45, 7) is 0.406. The lowest BCUT2D eigenvalue weighted by Gasteiger charge is -2.28. The van der Waals surface area contributed by atoms with Crippen molar-refractivity contribution in [1.82, 2.24) is 10.2 Å². The van der Waals surface area contributed by atoms with E-state index in [4.69, 9.17) is 9.47 Å². The lowest BCUT2D eigenvalue weighted by Crippen LogP contribution is -2.48. The van der Waals surface area contributed by atoms with Gasteiger partial charge in [-0.1, -0.05) is 30.3 Å². The van der Waals surface area contributed by atoms with Crippen molar-refractivity contribution >= 4 is 11.8 Å². The zero-order valence-corrected chi connectivity index (χ0v) is 16.8. The Morgan fingerprint density at radius 3 is 2.31 bits per heavy atom. The molecule has 2 aromatic carbocycles. The number of nitrogens with one attached hydrogen (secondary N) is 1. The van der Waals surface area contributed by atoms with Gasteiger partial charge in [-0.2, -0.15) is 0 Å². The molecule has 4 rings (SSSR count). The molecular formula is C23H26N2O4. The summed E-state index contributed by atoms with van der Waals surface area (Å²) in [4.78, 5) is 27.8. The summed E-state index contributed by atoms with van der Waals surface area (Å²) in [5.74, 6) is 1.37. The van der Waals surface area contributed by atoms with Gasteiger partial charge >= 0.3 is 0 Å². The fraction of sp³-hybridized carbons (Fsp3) is 0.391. The van der Waals surface area contributed by atoms with Crippen molar-refractivity contribution in [3.8, 4) is 11.5 Å². The van der Waals surface area contributed by atoms with Gasteiger partial charge in [0.1, 0.15) is 23.6 Å². The van der Waals surface area contributed by atoms with Gasteiger partial charge in [-0.05, 0) is 42.7 Å². The van der Waals surface area contributed by atoms with Gasteiger partial charge in [0.05, 0.1) is 19.1 Å². The molecule has 0 spiro atoms. The summed E-state index contributed by atoms with van der Waals surface area (Å²) in [6, 6.07) is 16.7. The average molecular weight is 394 g/mol. The van der Waals surface area contributed by atoms with Crippen LogP contribution in [0.1, 0.15) is 24.8 Å². The first-order valence-electron chi connectivity index (χ1n) is 9.96. The van der Waals surface area contributed by atoms with Crippen LogP contribution in [0.2, 0.25) is 0 Å². The quantitative estimate of drug-likeness (QED) is 0.818. The van der Waals surface area contributed by atoms with Crippen molar-refractivity contribution < 1.29 is 19.1 Å². The van der Waals surface area contributed by atoms with Crippen molar-refractivity contribution in [2.45, 2.75) is 36.8 Å². The molecule has 0 radical (unpaired) electrons. The summed E-state index contributed by atoms with van der Waals surface area (Å²) in [6.07, 6.45) is 1.85. The third-order valence-corrected chi connectivity index (χ3v) is 5.92. The molecule has 0 bridgehead atoms. The van der Waals surface area contributed by atoms with E-state index in [9.17, 15) is 9.59 Å². The van der Waals surface area contributed by atoms with E-state index in [1.165, 1.54) is 0 Å². The summed E-state index contributed by atoms with van der Waals surface area (Å²) >= 11 is 0. The number of amides is 2. The number of hydrogen-bond donors (Lipinski definition) is 1. The highest BCUT2D eigenvalue weighted by Crippen LogP contribution is 2.50. The number of benzene rings is 2. The van der Waals surface area contributed by atoms with Crippen LogP contribution in [0.5, 0.6) is 11.5 Å². The Bertz CT molecular complexity index is 878. The summed E-state index contributed by atoms with van der Waals surface area (Å²) in [5.41, 5.74) is 0.437. The van der Waals surface area contributed by atoms with Crippen molar-refractivity contribution in [3.63, 3.8) is 0 Å². The average Bonchev–Trinajstić information content (AvgIpc) is 3.48. The van der Waals surface area contributed by atoms with Crippen LogP contribution in [0.15, 0.2) is 54.6 Å². The topological polar surface area (TPSA) is 67.9 Å². The molecule has 2 fully saturated rings. The standard InChI is InChI=1S/C23H26N2O4/c1-24-21(26)20-14-19(29-18-6-4-3-5-7-18)15-25(20)22(27)23(12-13-23)16-8-10-17(28-2)11-9-16/h3-11,19-20H,12-15H2,1-2H3,(H,24,26)/t19-,20-/m0/s1. The monoisotopic (exact) mass is 394 g/mol. The number of likely N-dealkylation sites (tertiary alicyclic amines) is 1. The van der Waals surface area contributed by atoms with E-state index in [0.717, 1.165) is 29.9 Å². The Labute approximate surface area is 170 Å². The number of likely N-dealkylation sites (N-methyl/N-ethyl adjacent to an activating group) is 1. The minimum absolute atomic E-state index is 0.00966. The second kappa shape index (κ2) is 7.78. The fourth-order valence-corrected chi connectivity index (χ4v) is 4.15. The summed E-state index contributed by atoms with van der Waals surface area (Å²) < 4.78 is 11.3.